The van der Waals surface area contributed by atoms with Crippen LogP contribution >= 0.6 is 0 Å². The molecule has 2 aromatic heterocycles. The van der Waals surface area contributed by atoms with Crippen molar-refractivity contribution in [3.63, 3.8) is 0 Å². The van der Waals surface area contributed by atoms with E-state index in [4.69, 9.17) is 9.47 Å². The first-order valence-electron chi connectivity index (χ1n) is 10.0. The number of hydrogen-bond donors (Lipinski definition) is 1. The van der Waals surface area contributed by atoms with Crippen LogP contribution in [-0.4, -0.2) is 46.3 Å². The molecule has 29 heavy (non-hydrogen) atoms. The van der Waals surface area contributed by atoms with Crippen molar-refractivity contribution in [2.45, 2.75) is 27.2 Å². The Kier molecular flexibility index (Phi) is 5.13. The number of esters is 1. The van der Waals surface area contributed by atoms with E-state index in [1.165, 1.54) is 0 Å². The molecule has 0 spiro atoms. The van der Waals surface area contributed by atoms with Gasteiger partial charge in [-0.3, -0.25) is 4.79 Å². The number of H-pyrrole nitrogens is 1. The molecule has 7 nitrogen and oxygen atoms in total. The van der Waals surface area contributed by atoms with Crippen molar-refractivity contribution >= 4 is 28.9 Å². The molecule has 2 aromatic rings. The van der Waals surface area contributed by atoms with Crippen LogP contribution in [0.3, 0.4) is 0 Å². The number of nitrogens with one attached hydrogen (secondary N) is 1. The van der Waals surface area contributed by atoms with E-state index in [1.807, 2.05) is 17.0 Å². The number of nitrogens with zero attached hydrogens (tertiary/aromatic N) is 2. The van der Waals surface area contributed by atoms with Gasteiger partial charge in [-0.2, -0.15) is 0 Å². The molecule has 1 fully saturated rings. The van der Waals surface area contributed by atoms with Crippen LogP contribution in [0.15, 0.2) is 41.7 Å². The van der Waals surface area contributed by atoms with Gasteiger partial charge in [0.25, 0.3) is 0 Å². The summed E-state index contributed by atoms with van der Waals surface area (Å²) in [6, 6.07) is 3.75. The third-order valence-electron chi connectivity index (χ3n) is 5.28. The molecule has 0 radical (unpaired) electrons. The summed E-state index contributed by atoms with van der Waals surface area (Å²) in [5, 5.41) is 0.878. The Bertz CT molecular complexity index is 1010. The maximum atomic E-state index is 13.1. The van der Waals surface area contributed by atoms with E-state index in [-0.39, 0.29) is 17.9 Å². The fraction of sp³-hybridized carbons (Fsp3) is 0.409. The van der Waals surface area contributed by atoms with Gasteiger partial charge in [-0.15, -0.1) is 0 Å². The van der Waals surface area contributed by atoms with Crippen molar-refractivity contribution in [2.24, 2.45) is 11.8 Å². The summed E-state index contributed by atoms with van der Waals surface area (Å²) in [4.78, 5) is 35.0. The van der Waals surface area contributed by atoms with E-state index in [1.54, 1.807) is 25.4 Å². The quantitative estimate of drug-likeness (QED) is 0.486. The van der Waals surface area contributed by atoms with Gasteiger partial charge in [0.15, 0.2) is 11.3 Å². The highest BCUT2D eigenvalue weighted by Crippen LogP contribution is 2.34. The number of carbonyl (C=O) groups is 2. The monoisotopic (exact) mass is 395 g/mol. The number of rotatable bonds is 4. The average Bonchev–Trinajstić information content (AvgIpc) is 3.23. The van der Waals surface area contributed by atoms with Gasteiger partial charge >= 0.3 is 5.97 Å². The molecule has 1 saturated heterocycles. The molecule has 0 aromatic carbocycles. The number of pyridine rings is 1. The van der Waals surface area contributed by atoms with Crippen LogP contribution in [0.2, 0.25) is 0 Å². The minimum absolute atomic E-state index is 0.0163. The number of allylic oxidation sites excluding steroid dienone is 1. The summed E-state index contributed by atoms with van der Waals surface area (Å²) in [7, 11) is 0. The summed E-state index contributed by atoms with van der Waals surface area (Å²) in [6.07, 6.45) is 6.24. The van der Waals surface area contributed by atoms with Gasteiger partial charge in [-0.05, 0) is 43.4 Å². The number of likely N-dealkylation sites (tertiary alicyclic amines) is 1. The number of carbonyl (C=O) groups excluding carboxylic acids is 2. The predicted molar refractivity (Wildman–Crippen MR) is 108 cm³/mol. The molecule has 4 heterocycles. The first-order chi connectivity index (χ1) is 14.0. The van der Waals surface area contributed by atoms with Crippen molar-refractivity contribution in [1.82, 2.24) is 14.9 Å². The summed E-state index contributed by atoms with van der Waals surface area (Å²) >= 11 is 0. The highest BCUT2D eigenvalue weighted by molar-refractivity contribution is 6.26. The minimum Gasteiger partial charge on any atom is -0.462 e. The van der Waals surface area contributed by atoms with Crippen LogP contribution in [0.5, 0.6) is 0 Å². The van der Waals surface area contributed by atoms with Gasteiger partial charge in [0, 0.05) is 36.4 Å². The molecule has 2 unspecified atom stereocenters. The molecule has 0 saturated carbocycles. The molecule has 2 aliphatic rings. The van der Waals surface area contributed by atoms with Crippen molar-refractivity contribution in [3.05, 3.63) is 47.3 Å². The minimum atomic E-state index is -0.637. The number of hydrogen-bond acceptors (Lipinski definition) is 6. The summed E-state index contributed by atoms with van der Waals surface area (Å²) in [5.74, 6) is 0.252. The maximum Gasteiger partial charge on any atom is 0.347 e. The Morgan fingerprint density at radius 1 is 1.38 bits per heavy atom. The molecular weight excluding hydrogens is 370 g/mol. The molecule has 2 atom stereocenters. The highest BCUT2D eigenvalue weighted by Gasteiger charge is 2.40. The summed E-state index contributed by atoms with van der Waals surface area (Å²) in [5.41, 5.74) is 1.49. The number of fused-ring (bicyclic) bond motifs is 1. The molecule has 4 rings (SSSR count). The Balaban J connectivity index is 1.71. The molecule has 7 heteroatoms. The number of aromatic amines is 1. The van der Waals surface area contributed by atoms with Gasteiger partial charge in [0.2, 0.25) is 11.7 Å². The van der Waals surface area contributed by atoms with Crippen LogP contribution in [-0.2, 0) is 19.1 Å². The first-order valence-corrected chi connectivity index (χ1v) is 10.0. The fourth-order valence-corrected chi connectivity index (χ4v) is 4.19. The van der Waals surface area contributed by atoms with Crippen molar-refractivity contribution in [2.75, 3.05) is 19.7 Å². The number of aromatic nitrogens is 2. The molecular formula is C22H25N3O4. The lowest BCUT2D eigenvalue weighted by molar-refractivity contribution is -0.139. The van der Waals surface area contributed by atoms with Crippen LogP contribution in [0.25, 0.3) is 17.1 Å². The van der Waals surface area contributed by atoms with Gasteiger partial charge in [-0.25, -0.2) is 9.78 Å². The van der Waals surface area contributed by atoms with Crippen molar-refractivity contribution < 1.29 is 19.1 Å². The second-order valence-electron chi connectivity index (χ2n) is 7.84. The Hall–Kier alpha value is -3.09. The number of Topliss-reactive ketones (excluding diaryl/α,β-unsaturated/α-hetero) is 1. The zero-order valence-corrected chi connectivity index (χ0v) is 16.9. The van der Waals surface area contributed by atoms with Crippen molar-refractivity contribution in [1.29, 1.82) is 0 Å². The number of ether oxygens (including phenoxy) is 2. The maximum absolute atomic E-state index is 13.1. The highest BCUT2D eigenvalue weighted by atomic mass is 16.5. The van der Waals surface area contributed by atoms with E-state index < -0.39 is 11.8 Å². The van der Waals surface area contributed by atoms with E-state index >= 15 is 0 Å². The lowest BCUT2D eigenvalue weighted by atomic mass is 9.92. The Morgan fingerprint density at radius 2 is 2.14 bits per heavy atom. The zero-order chi connectivity index (χ0) is 20.5. The standard InChI is InChI=1S/C22H25N3O4/c1-4-28-22(27)18-19(26)17(9-15-10-24-20-16(15)6-5-7-23-20)29-21(18)25-11-13(2)8-14(3)12-25/h5-7,9-10,13-14H,4,8,11-12H2,1-3H3,(H,23,24). The average molecular weight is 395 g/mol. The Labute approximate surface area is 169 Å². The lowest BCUT2D eigenvalue weighted by Crippen LogP contribution is -2.39. The van der Waals surface area contributed by atoms with E-state index in [0.29, 0.717) is 17.7 Å². The topological polar surface area (TPSA) is 84.5 Å². The normalized spacial score (nSPS) is 23.8. The van der Waals surface area contributed by atoms with Crippen LogP contribution < -0.4 is 0 Å². The second-order valence-corrected chi connectivity index (χ2v) is 7.84. The third-order valence-corrected chi connectivity index (χ3v) is 5.28. The lowest BCUT2D eigenvalue weighted by Gasteiger charge is -2.36. The van der Waals surface area contributed by atoms with E-state index in [2.05, 4.69) is 23.8 Å². The Morgan fingerprint density at radius 3 is 2.86 bits per heavy atom. The van der Waals surface area contributed by atoms with Gasteiger partial charge in [0.1, 0.15) is 5.65 Å². The molecule has 0 aliphatic carbocycles. The summed E-state index contributed by atoms with van der Waals surface area (Å²) < 4.78 is 11.2. The largest absolute Gasteiger partial charge is 0.462 e. The molecule has 0 bridgehead atoms. The predicted octanol–water partition coefficient (Wildman–Crippen LogP) is 3.26. The smallest absolute Gasteiger partial charge is 0.347 e. The molecule has 152 valence electrons. The third kappa shape index (κ3) is 3.64. The molecule has 0 amide bonds. The van der Waals surface area contributed by atoms with Gasteiger partial charge in [-0.1, -0.05) is 13.8 Å². The van der Waals surface area contributed by atoms with Crippen molar-refractivity contribution in [3.8, 4) is 0 Å². The number of piperidine rings is 1. The summed E-state index contributed by atoms with van der Waals surface area (Å²) in [6.45, 7) is 7.72. The van der Waals surface area contributed by atoms with E-state index in [9.17, 15) is 9.59 Å². The SMILES string of the molecule is CCOC(=O)C1=C(N2CC(C)CC(C)C2)OC(=Cc2c[nH]c3ncccc23)C1=O. The van der Waals surface area contributed by atoms with E-state index in [0.717, 1.165) is 36.1 Å². The van der Waals surface area contributed by atoms with Gasteiger partial charge < -0.3 is 19.4 Å². The molecule has 2 aliphatic heterocycles. The number of ketones is 1. The first kappa shape index (κ1) is 19.2. The zero-order valence-electron chi connectivity index (χ0n) is 16.9. The van der Waals surface area contributed by atoms with Gasteiger partial charge in [0.05, 0.1) is 6.61 Å². The molecule has 1 N–H and O–H groups in total. The second kappa shape index (κ2) is 7.73. The van der Waals surface area contributed by atoms with Crippen LogP contribution in [0, 0.1) is 11.8 Å². The van der Waals surface area contributed by atoms with Crippen LogP contribution in [0.1, 0.15) is 32.8 Å². The fourth-order valence-electron chi connectivity index (χ4n) is 4.19. The van der Waals surface area contributed by atoms with Crippen LogP contribution in [0.4, 0.5) is 0 Å².